The van der Waals surface area contributed by atoms with Crippen LogP contribution in [0.25, 0.3) is 0 Å². The maximum Gasteiger partial charge on any atom is 0.159 e. The standard InChI is InChI=1S/C10H9ClN4S/c11-7-3-1-2-4-8(7)16-10-6-13-5-9(14-10)15-12/h1-6H,12H2,(H,14,15). The number of nitrogen functional groups attached to an aromatic ring is 1. The molecule has 1 aromatic heterocycles. The Morgan fingerprint density at radius 1 is 1.25 bits per heavy atom. The van der Waals surface area contributed by atoms with Gasteiger partial charge in [-0.3, -0.25) is 4.98 Å². The number of benzene rings is 1. The lowest BCUT2D eigenvalue weighted by molar-refractivity contribution is 1.04. The quantitative estimate of drug-likeness (QED) is 0.649. The Labute approximate surface area is 102 Å². The van der Waals surface area contributed by atoms with E-state index in [2.05, 4.69) is 15.4 Å². The summed E-state index contributed by atoms with van der Waals surface area (Å²) in [4.78, 5) is 9.18. The highest BCUT2D eigenvalue weighted by Crippen LogP contribution is 2.31. The van der Waals surface area contributed by atoms with Crippen molar-refractivity contribution in [2.75, 3.05) is 5.43 Å². The van der Waals surface area contributed by atoms with Crippen molar-refractivity contribution in [1.82, 2.24) is 9.97 Å². The summed E-state index contributed by atoms with van der Waals surface area (Å²) in [5, 5.41) is 1.43. The Morgan fingerprint density at radius 2 is 2.06 bits per heavy atom. The smallest absolute Gasteiger partial charge is 0.159 e. The second-order valence-electron chi connectivity index (χ2n) is 2.92. The molecule has 16 heavy (non-hydrogen) atoms. The van der Waals surface area contributed by atoms with Crippen LogP contribution in [0, 0.1) is 0 Å². The van der Waals surface area contributed by atoms with Crippen LogP contribution < -0.4 is 11.3 Å². The van der Waals surface area contributed by atoms with E-state index < -0.39 is 0 Å². The first-order chi connectivity index (χ1) is 7.79. The van der Waals surface area contributed by atoms with E-state index in [4.69, 9.17) is 17.4 Å². The molecular formula is C10H9ClN4S. The SMILES string of the molecule is NNc1cncc(Sc2ccccc2Cl)n1. The first kappa shape index (κ1) is 11.2. The van der Waals surface area contributed by atoms with Crippen molar-refractivity contribution in [3.05, 3.63) is 41.7 Å². The number of nitrogens with zero attached hydrogens (tertiary/aromatic N) is 2. The van der Waals surface area contributed by atoms with Crippen LogP contribution in [0.5, 0.6) is 0 Å². The van der Waals surface area contributed by atoms with Crippen LogP contribution in [-0.4, -0.2) is 9.97 Å². The van der Waals surface area contributed by atoms with E-state index >= 15 is 0 Å². The molecule has 0 aliphatic carbocycles. The van der Waals surface area contributed by atoms with E-state index in [1.807, 2.05) is 24.3 Å². The Morgan fingerprint density at radius 3 is 2.81 bits per heavy atom. The van der Waals surface area contributed by atoms with Gasteiger partial charge in [-0.15, -0.1) is 0 Å². The molecule has 0 bridgehead atoms. The Hall–Kier alpha value is -1.30. The van der Waals surface area contributed by atoms with Gasteiger partial charge in [0, 0.05) is 4.90 Å². The highest BCUT2D eigenvalue weighted by Gasteiger charge is 2.03. The van der Waals surface area contributed by atoms with Crippen LogP contribution in [0.2, 0.25) is 5.02 Å². The van der Waals surface area contributed by atoms with Crippen molar-refractivity contribution in [2.24, 2.45) is 5.84 Å². The van der Waals surface area contributed by atoms with E-state index in [1.165, 1.54) is 11.8 Å². The van der Waals surface area contributed by atoms with Crippen molar-refractivity contribution in [1.29, 1.82) is 0 Å². The molecule has 0 atom stereocenters. The molecule has 2 aromatic rings. The van der Waals surface area contributed by atoms with Crippen LogP contribution in [0.1, 0.15) is 0 Å². The van der Waals surface area contributed by atoms with E-state index in [1.54, 1.807) is 12.4 Å². The van der Waals surface area contributed by atoms with Crippen LogP contribution in [0.15, 0.2) is 46.6 Å². The number of halogens is 1. The van der Waals surface area contributed by atoms with Gasteiger partial charge < -0.3 is 5.43 Å². The summed E-state index contributed by atoms with van der Waals surface area (Å²) in [6, 6.07) is 7.57. The molecule has 4 nitrogen and oxygen atoms in total. The third-order valence-electron chi connectivity index (χ3n) is 1.81. The zero-order chi connectivity index (χ0) is 11.4. The molecule has 0 aliphatic rings. The van der Waals surface area contributed by atoms with Gasteiger partial charge in [-0.05, 0) is 12.1 Å². The average molecular weight is 253 g/mol. The number of anilines is 1. The lowest BCUT2D eigenvalue weighted by Crippen LogP contribution is -2.08. The molecule has 0 amide bonds. The number of hydrazine groups is 1. The van der Waals surface area contributed by atoms with Gasteiger partial charge in [0.05, 0.1) is 17.4 Å². The van der Waals surface area contributed by atoms with Crippen molar-refractivity contribution >= 4 is 29.2 Å². The molecule has 6 heteroatoms. The van der Waals surface area contributed by atoms with E-state index in [0.717, 1.165) is 9.92 Å². The van der Waals surface area contributed by atoms with Crippen LogP contribution in [0.4, 0.5) is 5.82 Å². The van der Waals surface area contributed by atoms with E-state index in [-0.39, 0.29) is 0 Å². The zero-order valence-corrected chi connectivity index (χ0v) is 9.79. The predicted octanol–water partition coefficient (Wildman–Crippen LogP) is 2.57. The third-order valence-corrected chi connectivity index (χ3v) is 3.23. The van der Waals surface area contributed by atoms with Crippen LogP contribution in [0.3, 0.4) is 0 Å². The zero-order valence-electron chi connectivity index (χ0n) is 8.22. The average Bonchev–Trinajstić information content (AvgIpc) is 2.32. The fraction of sp³-hybridized carbons (Fsp3) is 0. The fourth-order valence-corrected chi connectivity index (χ4v) is 2.15. The largest absolute Gasteiger partial charge is 0.307 e. The topological polar surface area (TPSA) is 63.8 Å². The molecule has 0 saturated heterocycles. The highest BCUT2D eigenvalue weighted by atomic mass is 35.5. The number of rotatable bonds is 3. The van der Waals surface area contributed by atoms with Crippen molar-refractivity contribution in [2.45, 2.75) is 9.92 Å². The highest BCUT2D eigenvalue weighted by molar-refractivity contribution is 7.99. The molecule has 2 rings (SSSR count). The molecule has 0 aliphatic heterocycles. The first-order valence-electron chi connectivity index (χ1n) is 4.50. The summed E-state index contributed by atoms with van der Waals surface area (Å²) in [6.07, 6.45) is 3.21. The molecule has 0 radical (unpaired) electrons. The van der Waals surface area contributed by atoms with Gasteiger partial charge >= 0.3 is 0 Å². The fourth-order valence-electron chi connectivity index (χ4n) is 1.11. The van der Waals surface area contributed by atoms with E-state index in [9.17, 15) is 0 Å². The second-order valence-corrected chi connectivity index (χ2v) is 4.39. The van der Waals surface area contributed by atoms with Crippen LogP contribution >= 0.6 is 23.4 Å². The maximum atomic E-state index is 6.04. The summed E-state index contributed by atoms with van der Waals surface area (Å²) in [7, 11) is 0. The van der Waals surface area contributed by atoms with Gasteiger partial charge in [0.2, 0.25) is 0 Å². The first-order valence-corrected chi connectivity index (χ1v) is 5.70. The molecular weight excluding hydrogens is 244 g/mol. The summed E-state index contributed by atoms with van der Waals surface area (Å²) in [6.45, 7) is 0. The molecule has 0 unspecified atom stereocenters. The molecule has 0 spiro atoms. The van der Waals surface area contributed by atoms with Gasteiger partial charge in [0.1, 0.15) is 5.03 Å². The molecule has 0 fully saturated rings. The lowest BCUT2D eigenvalue weighted by Gasteiger charge is -2.04. The molecule has 82 valence electrons. The summed E-state index contributed by atoms with van der Waals surface area (Å²) >= 11 is 7.48. The summed E-state index contributed by atoms with van der Waals surface area (Å²) in [5.41, 5.74) is 2.45. The predicted molar refractivity (Wildman–Crippen MR) is 65.4 cm³/mol. The summed E-state index contributed by atoms with van der Waals surface area (Å²) in [5.74, 6) is 5.78. The lowest BCUT2D eigenvalue weighted by atomic mass is 10.4. The van der Waals surface area contributed by atoms with Gasteiger partial charge in [0.15, 0.2) is 5.82 Å². The van der Waals surface area contributed by atoms with Gasteiger partial charge in [0.25, 0.3) is 0 Å². The van der Waals surface area contributed by atoms with E-state index in [0.29, 0.717) is 10.8 Å². The normalized spacial score (nSPS) is 10.1. The maximum absolute atomic E-state index is 6.04. The number of aromatic nitrogens is 2. The number of hydrogen-bond donors (Lipinski definition) is 2. The Bertz CT molecular complexity index is 492. The minimum Gasteiger partial charge on any atom is -0.307 e. The monoisotopic (exact) mass is 252 g/mol. The van der Waals surface area contributed by atoms with Crippen molar-refractivity contribution in [3.8, 4) is 0 Å². The number of hydrogen-bond acceptors (Lipinski definition) is 5. The summed E-state index contributed by atoms with van der Waals surface area (Å²) < 4.78 is 0. The van der Waals surface area contributed by atoms with Crippen molar-refractivity contribution < 1.29 is 0 Å². The van der Waals surface area contributed by atoms with Gasteiger partial charge in [-0.25, -0.2) is 10.8 Å². The minimum absolute atomic E-state index is 0.525. The van der Waals surface area contributed by atoms with Crippen molar-refractivity contribution in [3.63, 3.8) is 0 Å². The molecule has 3 N–H and O–H groups in total. The molecule has 1 aromatic carbocycles. The minimum atomic E-state index is 0.525. The van der Waals surface area contributed by atoms with Crippen LogP contribution in [-0.2, 0) is 0 Å². The van der Waals surface area contributed by atoms with Gasteiger partial charge in [-0.2, -0.15) is 0 Å². The Balaban J connectivity index is 2.24. The van der Waals surface area contributed by atoms with Gasteiger partial charge in [-0.1, -0.05) is 35.5 Å². The molecule has 1 heterocycles. The number of nitrogens with two attached hydrogens (primary N) is 1. The second kappa shape index (κ2) is 5.16. The third kappa shape index (κ3) is 2.63. The molecule has 0 saturated carbocycles. The number of nitrogens with one attached hydrogen (secondary N) is 1. The Kier molecular flexibility index (Phi) is 3.61.